The number of anilines is 1. The van der Waals surface area contributed by atoms with E-state index >= 15 is 0 Å². The number of H-pyrrole nitrogens is 1. The SMILES string of the molecule is Clc1ccccc1CCOC1CCC(Nc2ncnc3[nH]ncc23)CC1. The molecule has 1 aliphatic carbocycles. The van der Waals surface area contributed by atoms with Crippen LogP contribution in [0, 0.1) is 0 Å². The summed E-state index contributed by atoms with van der Waals surface area (Å²) in [6.07, 6.45) is 8.76. The van der Waals surface area contributed by atoms with Crippen LogP contribution in [-0.2, 0) is 11.2 Å². The van der Waals surface area contributed by atoms with Crippen molar-refractivity contribution in [3.05, 3.63) is 47.4 Å². The lowest BCUT2D eigenvalue weighted by Crippen LogP contribution is -2.30. The molecule has 1 fully saturated rings. The maximum Gasteiger partial charge on any atom is 0.160 e. The van der Waals surface area contributed by atoms with Gasteiger partial charge in [0.25, 0.3) is 0 Å². The number of halogens is 1. The molecule has 0 radical (unpaired) electrons. The Morgan fingerprint density at radius 1 is 1.15 bits per heavy atom. The normalized spacial score (nSPS) is 20.3. The van der Waals surface area contributed by atoms with Gasteiger partial charge in [0.1, 0.15) is 12.1 Å². The van der Waals surface area contributed by atoms with Gasteiger partial charge in [0.05, 0.1) is 24.3 Å². The number of ether oxygens (including phenoxy) is 1. The summed E-state index contributed by atoms with van der Waals surface area (Å²) in [6, 6.07) is 8.37. The van der Waals surface area contributed by atoms with Gasteiger partial charge >= 0.3 is 0 Å². The maximum absolute atomic E-state index is 6.19. The fourth-order valence-corrected chi connectivity index (χ4v) is 3.71. The Kier molecular flexibility index (Phi) is 5.32. The van der Waals surface area contributed by atoms with Crippen LogP contribution in [0.2, 0.25) is 5.02 Å². The molecule has 0 saturated heterocycles. The van der Waals surface area contributed by atoms with Crippen LogP contribution in [0.3, 0.4) is 0 Å². The summed E-state index contributed by atoms with van der Waals surface area (Å²) in [5.41, 5.74) is 1.91. The van der Waals surface area contributed by atoms with E-state index in [0.29, 0.717) is 18.8 Å². The molecule has 2 aromatic heterocycles. The van der Waals surface area contributed by atoms with E-state index in [1.807, 2.05) is 18.2 Å². The summed E-state index contributed by atoms with van der Waals surface area (Å²) >= 11 is 6.19. The minimum atomic E-state index is 0.329. The molecular formula is C19H22ClN5O. The standard InChI is InChI=1S/C19H22ClN5O/c20-17-4-2-1-3-13(17)9-10-26-15-7-5-14(6-8-15)24-18-16-11-23-25-19(16)22-12-21-18/h1-4,11-12,14-15H,5-10H2,(H2,21,22,23,24,25). The van der Waals surface area contributed by atoms with E-state index in [9.17, 15) is 0 Å². The lowest BCUT2D eigenvalue weighted by atomic mass is 9.93. The lowest BCUT2D eigenvalue weighted by Gasteiger charge is -2.29. The van der Waals surface area contributed by atoms with Gasteiger partial charge < -0.3 is 10.1 Å². The molecule has 2 heterocycles. The molecule has 26 heavy (non-hydrogen) atoms. The minimum absolute atomic E-state index is 0.329. The van der Waals surface area contributed by atoms with Crippen LogP contribution >= 0.6 is 11.6 Å². The van der Waals surface area contributed by atoms with E-state index in [1.54, 1.807) is 12.5 Å². The smallest absolute Gasteiger partial charge is 0.160 e. The zero-order chi connectivity index (χ0) is 17.8. The Hall–Kier alpha value is -2.18. The Morgan fingerprint density at radius 2 is 2.00 bits per heavy atom. The van der Waals surface area contributed by atoms with Crippen LogP contribution in [0.1, 0.15) is 31.2 Å². The first-order valence-corrected chi connectivity index (χ1v) is 9.43. The molecule has 6 nitrogen and oxygen atoms in total. The topological polar surface area (TPSA) is 75.7 Å². The molecule has 0 bridgehead atoms. The van der Waals surface area contributed by atoms with Crippen molar-refractivity contribution in [2.24, 2.45) is 0 Å². The summed E-state index contributed by atoms with van der Waals surface area (Å²) in [7, 11) is 0. The van der Waals surface area contributed by atoms with E-state index in [1.165, 1.54) is 0 Å². The Morgan fingerprint density at radius 3 is 2.85 bits per heavy atom. The van der Waals surface area contributed by atoms with Gasteiger partial charge in [0.2, 0.25) is 0 Å². The number of benzene rings is 1. The minimum Gasteiger partial charge on any atom is -0.378 e. The van der Waals surface area contributed by atoms with Gasteiger partial charge in [-0.05, 0) is 43.7 Å². The number of rotatable bonds is 6. The third-order valence-electron chi connectivity index (χ3n) is 4.95. The zero-order valence-corrected chi connectivity index (χ0v) is 15.2. The number of fused-ring (bicyclic) bond motifs is 1. The third-order valence-corrected chi connectivity index (χ3v) is 5.31. The van der Waals surface area contributed by atoms with Crippen molar-refractivity contribution in [3.63, 3.8) is 0 Å². The summed E-state index contributed by atoms with van der Waals surface area (Å²) in [6.45, 7) is 0.716. The fraction of sp³-hybridized carbons (Fsp3) is 0.421. The number of hydrogen-bond donors (Lipinski definition) is 2. The van der Waals surface area contributed by atoms with E-state index in [-0.39, 0.29) is 0 Å². The summed E-state index contributed by atoms with van der Waals surface area (Å²) in [5, 5.41) is 12.2. The monoisotopic (exact) mass is 371 g/mol. The van der Waals surface area contributed by atoms with E-state index in [0.717, 1.165) is 59.5 Å². The molecule has 1 saturated carbocycles. The van der Waals surface area contributed by atoms with Crippen LogP contribution in [0.4, 0.5) is 5.82 Å². The van der Waals surface area contributed by atoms with Crippen LogP contribution in [-0.4, -0.2) is 38.9 Å². The lowest BCUT2D eigenvalue weighted by molar-refractivity contribution is 0.0283. The van der Waals surface area contributed by atoms with Gasteiger partial charge in [-0.2, -0.15) is 5.10 Å². The Labute approximate surface area is 157 Å². The van der Waals surface area contributed by atoms with Crippen molar-refractivity contribution in [2.45, 2.75) is 44.2 Å². The summed E-state index contributed by atoms with van der Waals surface area (Å²) < 4.78 is 6.07. The fourth-order valence-electron chi connectivity index (χ4n) is 3.48. The molecule has 0 spiro atoms. The van der Waals surface area contributed by atoms with Crippen LogP contribution in [0.15, 0.2) is 36.8 Å². The molecule has 0 aliphatic heterocycles. The van der Waals surface area contributed by atoms with Crippen molar-refractivity contribution < 1.29 is 4.74 Å². The van der Waals surface area contributed by atoms with Gasteiger partial charge in [-0.3, -0.25) is 5.10 Å². The molecular weight excluding hydrogens is 350 g/mol. The zero-order valence-electron chi connectivity index (χ0n) is 14.5. The third kappa shape index (κ3) is 3.97. The highest BCUT2D eigenvalue weighted by molar-refractivity contribution is 6.31. The van der Waals surface area contributed by atoms with Gasteiger partial charge in [0.15, 0.2) is 5.65 Å². The van der Waals surface area contributed by atoms with Crippen molar-refractivity contribution in [1.29, 1.82) is 0 Å². The van der Waals surface area contributed by atoms with Gasteiger partial charge in [-0.25, -0.2) is 9.97 Å². The first-order chi connectivity index (χ1) is 12.8. The number of nitrogens with one attached hydrogen (secondary N) is 2. The Balaban J connectivity index is 1.24. The van der Waals surface area contributed by atoms with Gasteiger partial charge in [-0.15, -0.1) is 0 Å². The van der Waals surface area contributed by atoms with E-state index < -0.39 is 0 Å². The largest absolute Gasteiger partial charge is 0.378 e. The first-order valence-electron chi connectivity index (χ1n) is 9.05. The van der Waals surface area contributed by atoms with Crippen molar-refractivity contribution in [1.82, 2.24) is 20.2 Å². The molecule has 1 aliphatic rings. The highest BCUT2D eigenvalue weighted by Crippen LogP contribution is 2.26. The molecule has 7 heteroatoms. The van der Waals surface area contributed by atoms with Crippen molar-refractivity contribution in [3.8, 4) is 0 Å². The second-order valence-corrected chi connectivity index (χ2v) is 7.09. The number of nitrogens with zero attached hydrogens (tertiary/aromatic N) is 3. The predicted octanol–water partition coefficient (Wildman–Crippen LogP) is 3.99. The van der Waals surface area contributed by atoms with Crippen molar-refractivity contribution >= 4 is 28.5 Å². The molecule has 3 aromatic rings. The quantitative estimate of drug-likeness (QED) is 0.685. The molecule has 0 atom stereocenters. The maximum atomic E-state index is 6.19. The molecule has 1 aromatic carbocycles. The average Bonchev–Trinajstić information content (AvgIpc) is 3.15. The number of aromatic nitrogens is 4. The summed E-state index contributed by atoms with van der Waals surface area (Å²) in [4.78, 5) is 8.53. The molecule has 0 amide bonds. The van der Waals surface area contributed by atoms with E-state index in [2.05, 4.69) is 31.5 Å². The van der Waals surface area contributed by atoms with Gasteiger partial charge in [-0.1, -0.05) is 29.8 Å². The first kappa shape index (κ1) is 17.2. The van der Waals surface area contributed by atoms with Crippen LogP contribution < -0.4 is 5.32 Å². The number of hydrogen-bond acceptors (Lipinski definition) is 5. The molecule has 2 N–H and O–H groups in total. The predicted molar refractivity (Wildman–Crippen MR) is 102 cm³/mol. The second kappa shape index (κ2) is 8.01. The molecule has 4 rings (SSSR count). The van der Waals surface area contributed by atoms with E-state index in [4.69, 9.17) is 16.3 Å². The van der Waals surface area contributed by atoms with Crippen LogP contribution in [0.5, 0.6) is 0 Å². The Bertz CT molecular complexity index is 860. The summed E-state index contributed by atoms with van der Waals surface area (Å²) in [5.74, 6) is 0.854. The second-order valence-electron chi connectivity index (χ2n) is 6.68. The van der Waals surface area contributed by atoms with Gasteiger partial charge in [0, 0.05) is 11.1 Å². The van der Waals surface area contributed by atoms with Crippen molar-refractivity contribution in [2.75, 3.05) is 11.9 Å². The van der Waals surface area contributed by atoms with Crippen LogP contribution in [0.25, 0.3) is 11.0 Å². The molecule has 0 unspecified atom stereocenters. The highest BCUT2D eigenvalue weighted by Gasteiger charge is 2.22. The number of aromatic amines is 1. The highest BCUT2D eigenvalue weighted by atomic mass is 35.5. The average molecular weight is 372 g/mol. The molecule has 136 valence electrons.